The smallest absolute Gasteiger partial charge is 0.255 e. The third-order valence-electron chi connectivity index (χ3n) is 4.44. The summed E-state index contributed by atoms with van der Waals surface area (Å²) in [7, 11) is 0. The number of hydrogen-bond acceptors (Lipinski definition) is 4. The highest BCUT2D eigenvalue weighted by molar-refractivity contribution is 6.04. The minimum Gasteiger partial charge on any atom is -0.508 e. The standard InChI is InChI=1S/C22H17N3O3/c1-13(26)16-6-11-19-20(12-16)25-21(24-19)14-2-7-17(8-3-14)23-22(28)15-4-9-18(27)10-5-15/h2-12,27H,1H3,(H,23,28)(H,24,25). The van der Waals surface area contributed by atoms with E-state index in [0.29, 0.717) is 22.6 Å². The van der Waals surface area contributed by atoms with Gasteiger partial charge in [0.25, 0.3) is 5.91 Å². The number of nitrogens with zero attached hydrogens (tertiary/aromatic N) is 1. The number of imidazole rings is 1. The number of carbonyl (C=O) groups is 2. The molecule has 0 saturated heterocycles. The van der Waals surface area contributed by atoms with Gasteiger partial charge in [-0.25, -0.2) is 4.98 Å². The number of anilines is 1. The first kappa shape index (κ1) is 17.5. The van der Waals surface area contributed by atoms with Crippen LogP contribution in [0, 0.1) is 0 Å². The molecule has 0 saturated carbocycles. The SMILES string of the molecule is CC(=O)c1ccc2[nH]c(-c3ccc(NC(=O)c4ccc(O)cc4)cc3)nc2c1. The minimum atomic E-state index is -0.256. The van der Waals surface area contributed by atoms with E-state index >= 15 is 0 Å². The topological polar surface area (TPSA) is 95.1 Å². The molecule has 138 valence electrons. The first-order valence-corrected chi connectivity index (χ1v) is 8.71. The summed E-state index contributed by atoms with van der Waals surface area (Å²) in [5.74, 6) is 0.544. The molecule has 0 fully saturated rings. The molecular formula is C22H17N3O3. The van der Waals surface area contributed by atoms with Gasteiger partial charge in [0.1, 0.15) is 11.6 Å². The molecule has 1 amide bonds. The van der Waals surface area contributed by atoms with Gasteiger partial charge in [0.2, 0.25) is 0 Å². The first-order chi connectivity index (χ1) is 13.5. The number of Topliss-reactive ketones (excluding diaryl/α,β-unsaturated/α-hetero) is 1. The van der Waals surface area contributed by atoms with Gasteiger partial charge in [0.15, 0.2) is 5.78 Å². The highest BCUT2D eigenvalue weighted by Crippen LogP contribution is 2.23. The number of phenolic OH excluding ortho intramolecular Hbond substituents is 1. The van der Waals surface area contributed by atoms with Crippen LogP contribution in [0.25, 0.3) is 22.4 Å². The maximum atomic E-state index is 12.2. The Hall–Kier alpha value is -3.93. The number of aromatic nitrogens is 2. The van der Waals surface area contributed by atoms with Crippen molar-refractivity contribution in [3.05, 3.63) is 77.9 Å². The Bertz CT molecular complexity index is 1180. The summed E-state index contributed by atoms with van der Waals surface area (Å²) in [4.78, 5) is 31.6. The van der Waals surface area contributed by atoms with Crippen molar-refractivity contribution in [2.24, 2.45) is 0 Å². The summed E-state index contributed by atoms with van der Waals surface area (Å²) in [5, 5.41) is 12.1. The normalized spacial score (nSPS) is 10.8. The van der Waals surface area contributed by atoms with Crippen molar-refractivity contribution in [2.45, 2.75) is 6.92 Å². The van der Waals surface area contributed by atoms with E-state index < -0.39 is 0 Å². The Kier molecular flexibility index (Phi) is 4.37. The Morgan fingerprint density at radius 3 is 2.29 bits per heavy atom. The summed E-state index contributed by atoms with van der Waals surface area (Å²) >= 11 is 0. The number of aromatic amines is 1. The largest absolute Gasteiger partial charge is 0.508 e. The van der Waals surface area contributed by atoms with Crippen LogP contribution in [0.4, 0.5) is 5.69 Å². The van der Waals surface area contributed by atoms with Gasteiger partial charge in [0.05, 0.1) is 11.0 Å². The third kappa shape index (κ3) is 3.48. The summed E-state index contributed by atoms with van der Waals surface area (Å²) in [6.07, 6.45) is 0. The van der Waals surface area contributed by atoms with E-state index in [1.54, 1.807) is 36.4 Å². The van der Waals surface area contributed by atoms with Crippen molar-refractivity contribution in [2.75, 3.05) is 5.32 Å². The van der Waals surface area contributed by atoms with Gasteiger partial charge >= 0.3 is 0 Å². The number of fused-ring (bicyclic) bond motifs is 1. The van der Waals surface area contributed by atoms with Gasteiger partial charge in [-0.05, 0) is 73.7 Å². The second-order valence-corrected chi connectivity index (χ2v) is 6.45. The molecule has 1 heterocycles. The molecule has 6 nitrogen and oxygen atoms in total. The van der Waals surface area contributed by atoms with Crippen LogP contribution in [0.15, 0.2) is 66.7 Å². The summed E-state index contributed by atoms with van der Waals surface area (Å²) in [6, 6.07) is 18.7. The molecule has 3 N–H and O–H groups in total. The predicted octanol–water partition coefficient (Wildman–Crippen LogP) is 4.39. The van der Waals surface area contributed by atoms with E-state index in [9.17, 15) is 14.7 Å². The highest BCUT2D eigenvalue weighted by Gasteiger charge is 2.09. The lowest BCUT2D eigenvalue weighted by molar-refractivity contribution is 0.101. The van der Waals surface area contributed by atoms with E-state index in [-0.39, 0.29) is 17.4 Å². The number of ketones is 1. The summed E-state index contributed by atoms with van der Waals surface area (Å²) in [5.41, 5.74) is 4.18. The van der Waals surface area contributed by atoms with Gasteiger partial charge < -0.3 is 15.4 Å². The maximum Gasteiger partial charge on any atom is 0.255 e. The molecule has 0 spiro atoms. The molecule has 1 aromatic heterocycles. The van der Waals surface area contributed by atoms with Crippen molar-refractivity contribution in [1.82, 2.24) is 9.97 Å². The predicted molar refractivity (Wildman–Crippen MR) is 108 cm³/mol. The van der Waals surface area contributed by atoms with Crippen LogP contribution in [-0.4, -0.2) is 26.8 Å². The van der Waals surface area contributed by atoms with Crippen LogP contribution in [0.2, 0.25) is 0 Å². The van der Waals surface area contributed by atoms with Crippen molar-refractivity contribution < 1.29 is 14.7 Å². The molecule has 0 atom stereocenters. The van der Waals surface area contributed by atoms with Crippen molar-refractivity contribution in [1.29, 1.82) is 0 Å². The van der Waals surface area contributed by atoms with Crippen molar-refractivity contribution in [3.8, 4) is 17.1 Å². The molecule has 4 rings (SSSR count). The fourth-order valence-corrected chi connectivity index (χ4v) is 2.89. The Labute approximate surface area is 160 Å². The van der Waals surface area contributed by atoms with Crippen molar-refractivity contribution >= 4 is 28.4 Å². The molecule has 0 radical (unpaired) electrons. The first-order valence-electron chi connectivity index (χ1n) is 8.71. The lowest BCUT2D eigenvalue weighted by atomic mass is 10.1. The maximum absolute atomic E-state index is 12.2. The number of aromatic hydroxyl groups is 1. The van der Waals surface area contributed by atoms with Crippen LogP contribution in [0.3, 0.4) is 0 Å². The number of nitrogens with one attached hydrogen (secondary N) is 2. The summed E-state index contributed by atoms with van der Waals surface area (Å²) in [6.45, 7) is 1.53. The Morgan fingerprint density at radius 1 is 0.929 bits per heavy atom. The van der Waals surface area contributed by atoms with Crippen LogP contribution in [-0.2, 0) is 0 Å². The van der Waals surface area contributed by atoms with Crippen molar-refractivity contribution in [3.63, 3.8) is 0 Å². The molecule has 0 unspecified atom stereocenters. The zero-order valence-electron chi connectivity index (χ0n) is 15.1. The van der Waals surface area contributed by atoms with Gasteiger partial charge in [-0.2, -0.15) is 0 Å². The number of benzene rings is 3. The van der Waals surface area contributed by atoms with E-state index in [4.69, 9.17) is 0 Å². The highest BCUT2D eigenvalue weighted by atomic mass is 16.3. The number of hydrogen-bond donors (Lipinski definition) is 3. The van der Waals surface area contributed by atoms with Gasteiger partial charge in [-0.15, -0.1) is 0 Å². The Morgan fingerprint density at radius 2 is 1.61 bits per heavy atom. The molecule has 28 heavy (non-hydrogen) atoms. The van der Waals surface area contributed by atoms with Crippen LogP contribution in [0.1, 0.15) is 27.6 Å². The lowest BCUT2D eigenvalue weighted by Gasteiger charge is -2.06. The van der Waals surface area contributed by atoms with E-state index in [1.807, 2.05) is 18.2 Å². The third-order valence-corrected chi connectivity index (χ3v) is 4.44. The van der Waals surface area contributed by atoms with Crippen LogP contribution < -0.4 is 5.32 Å². The van der Waals surface area contributed by atoms with Crippen LogP contribution in [0.5, 0.6) is 5.75 Å². The summed E-state index contributed by atoms with van der Waals surface area (Å²) < 4.78 is 0. The number of amides is 1. The van der Waals surface area contributed by atoms with Crippen LogP contribution >= 0.6 is 0 Å². The molecule has 0 aliphatic carbocycles. The number of phenols is 1. The Balaban J connectivity index is 1.54. The fourth-order valence-electron chi connectivity index (χ4n) is 2.89. The van der Waals surface area contributed by atoms with E-state index in [0.717, 1.165) is 16.6 Å². The number of H-pyrrole nitrogens is 1. The molecule has 0 aliphatic heterocycles. The van der Waals surface area contributed by atoms with E-state index in [2.05, 4.69) is 15.3 Å². The molecule has 6 heteroatoms. The second-order valence-electron chi connectivity index (χ2n) is 6.45. The van der Waals surface area contributed by atoms with E-state index in [1.165, 1.54) is 19.1 Å². The fraction of sp³-hybridized carbons (Fsp3) is 0.0455. The lowest BCUT2D eigenvalue weighted by Crippen LogP contribution is -2.11. The average molecular weight is 371 g/mol. The quantitative estimate of drug-likeness (QED) is 0.464. The zero-order chi connectivity index (χ0) is 19.7. The molecule has 4 aromatic rings. The average Bonchev–Trinajstić information content (AvgIpc) is 3.12. The minimum absolute atomic E-state index is 0.000160. The second kappa shape index (κ2) is 7.00. The zero-order valence-corrected chi connectivity index (χ0v) is 15.1. The molecular weight excluding hydrogens is 354 g/mol. The van der Waals surface area contributed by atoms with Gasteiger partial charge in [-0.3, -0.25) is 9.59 Å². The number of rotatable bonds is 4. The molecule has 3 aromatic carbocycles. The van der Waals surface area contributed by atoms with Gasteiger partial charge in [-0.1, -0.05) is 0 Å². The molecule has 0 bridgehead atoms. The molecule has 0 aliphatic rings. The number of carbonyl (C=O) groups excluding carboxylic acids is 2. The van der Waals surface area contributed by atoms with Gasteiger partial charge in [0, 0.05) is 22.4 Å². The monoisotopic (exact) mass is 371 g/mol.